The number of nitrogens with zero attached hydrogens (tertiary/aromatic N) is 2. The molecular weight excluding hydrogens is 372 g/mol. The van der Waals surface area contributed by atoms with Crippen LogP contribution in [-0.2, 0) is 12.8 Å². The summed E-state index contributed by atoms with van der Waals surface area (Å²) < 4.78 is 0. The molecule has 2 N–H and O–H groups in total. The van der Waals surface area contributed by atoms with Crippen molar-refractivity contribution in [2.75, 3.05) is 10.6 Å². The van der Waals surface area contributed by atoms with Gasteiger partial charge in [0.1, 0.15) is 5.82 Å². The van der Waals surface area contributed by atoms with Gasteiger partial charge in [-0.1, -0.05) is 32.0 Å². The first-order valence-electron chi connectivity index (χ1n) is 10.6. The minimum atomic E-state index is 0.106. The molecule has 0 saturated heterocycles. The lowest BCUT2D eigenvalue weighted by Gasteiger charge is -2.23. The number of aryl methyl sites for hydroxylation is 3. The van der Waals surface area contributed by atoms with Crippen molar-refractivity contribution in [3.8, 4) is 0 Å². The van der Waals surface area contributed by atoms with Gasteiger partial charge in [-0.15, -0.1) is 0 Å². The average molecular weight is 401 g/mol. The Balaban J connectivity index is 1.73. The first-order chi connectivity index (χ1) is 14.4. The van der Waals surface area contributed by atoms with Crippen LogP contribution in [0, 0.1) is 19.8 Å². The molecule has 30 heavy (non-hydrogen) atoms. The molecule has 0 aliphatic heterocycles. The number of carbonyl (C=O) groups excluding carboxylic acids is 1. The van der Waals surface area contributed by atoms with Gasteiger partial charge in [-0.05, 0) is 73.6 Å². The molecule has 154 valence electrons. The molecule has 3 aromatic rings. The molecule has 1 aromatic heterocycles. The highest BCUT2D eigenvalue weighted by Gasteiger charge is 2.28. The number of rotatable bonds is 5. The number of hydrogen-bond acceptors (Lipinski definition) is 5. The van der Waals surface area contributed by atoms with Gasteiger partial charge in [-0.25, -0.2) is 4.98 Å². The Kier molecular flexibility index (Phi) is 5.53. The molecule has 1 atom stereocenters. The molecule has 0 bridgehead atoms. The van der Waals surface area contributed by atoms with Crippen LogP contribution in [0.1, 0.15) is 53.0 Å². The molecule has 1 aliphatic carbocycles. The Morgan fingerprint density at radius 2 is 1.63 bits per heavy atom. The van der Waals surface area contributed by atoms with Crippen LogP contribution in [0.3, 0.4) is 0 Å². The van der Waals surface area contributed by atoms with Crippen molar-refractivity contribution in [3.05, 3.63) is 70.4 Å². The van der Waals surface area contributed by atoms with E-state index in [-0.39, 0.29) is 11.7 Å². The van der Waals surface area contributed by atoms with E-state index in [1.54, 1.807) is 0 Å². The third kappa shape index (κ3) is 4.35. The first kappa shape index (κ1) is 20.1. The monoisotopic (exact) mass is 400 g/mol. The molecule has 0 saturated carbocycles. The maximum Gasteiger partial charge on any atom is 0.229 e. The molecule has 0 radical (unpaired) electrons. The lowest BCUT2D eigenvalue weighted by atomic mass is 9.87. The number of anilines is 4. The normalized spacial score (nSPS) is 15.6. The van der Waals surface area contributed by atoms with E-state index in [1.807, 2.05) is 12.1 Å². The van der Waals surface area contributed by atoms with Gasteiger partial charge in [-0.2, -0.15) is 4.98 Å². The summed E-state index contributed by atoms with van der Waals surface area (Å²) in [5.41, 5.74) is 6.90. The quantitative estimate of drug-likeness (QED) is 0.557. The smallest absolute Gasteiger partial charge is 0.229 e. The predicted octanol–water partition coefficient (Wildman–Crippen LogP) is 5.91. The van der Waals surface area contributed by atoms with Crippen molar-refractivity contribution < 1.29 is 4.79 Å². The van der Waals surface area contributed by atoms with Gasteiger partial charge in [0.2, 0.25) is 5.95 Å². The van der Waals surface area contributed by atoms with Crippen LogP contribution in [-0.4, -0.2) is 15.8 Å². The van der Waals surface area contributed by atoms with Crippen molar-refractivity contribution in [3.63, 3.8) is 0 Å². The van der Waals surface area contributed by atoms with Gasteiger partial charge in [0.05, 0.1) is 11.3 Å². The molecule has 5 heteroatoms. The van der Waals surface area contributed by atoms with Gasteiger partial charge in [0.15, 0.2) is 5.78 Å². The first-order valence-corrected chi connectivity index (χ1v) is 10.6. The highest BCUT2D eigenvalue weighted by molar-refractivity contribution is 6.03. The van der Waals surface area contributed by atoms with Gasteiger partial charge in [0, 0.05) is 17.8 Å². The summed E-state index contributed by atoms with van der Waals surface area (Å²) in [7, 11) is 0. The lowest BCUT2D eigenvalue weighted by molar-refractivity contribution is 0.0953. The van der Waals surface area contributed by atoms with Gasteiger partial charge in [0.25, 0.3) is 0 Å². The zero-order valence-electron chi connectivity index (χ0n) is 18.0. The Bertz CT molecular complexity index is 1070. The number of carbonyl (C=O) groups is 1. The van der Waals surface area contributed by atoms with Crippen molar-refractivity contribution in [1.29, 1.82) is 0 Å². The van der Waals surface area contributed by atoms with E-state index in [4.69, 9.17) is 9.97 Å². The summed E-state index contributed by atoms with van der Waals surface area (Å²) in [4.78, 5) is 22.2. The Morgan fingerprint density at radius 1 is 0.933 bits per heavy atom. The maximum atomic E-state index is 12.8. The van der Waals surface area contributed by atoms with Crippen LogP contribution in [0.2, 0.25) is 0 Å². The van der Waals surface area contributed by atoms with Crippen LogP contribution in [0.5, 0.6) is 0 Å². The third-order valence-electron chi connectivity index (χ3n) is 5.44. The molecule has 1 aliphatic rings. The number of hydrogen-bond donors (Lipinski definition) is 2. The lowest BCUT2D eigenvalue weighted by Crippen LogP contribution is -2.22. The highest BCUT2D eigenvalue weighted by Crippen LogP contribution is 2.32. The summed E-state index contributed by atoms with van der Waals surface area (Å²) in [5, 5.41) is 6.70. The van der Waals surface area contributed by atoms with Crippen molar-refractivity contribution in [2.45, 2.75) is 47.0 Å². The van der Waals surface area contributed by atoms with Crippen LogP contribution in [0.4, 0.5) is 23.1 Å². The second-order valence-electron chi connectivity index (χ2n) is 8.33. The van der Waals surface area contributed by atoms with E-state index in [1.165, 1.54) is 5.56 Å². The topological polar surface area (TPSA) is 66.9 Å². The summed E-state index contributed by atoms with van der Waals surface area (Å²) in [6, 6.07) is 14.5. The van der Waals surface area contributed by atoms with Crippen LogP contribution in [0.25, 0.3) is 0 Å². The number of Topliss-reactive ketones (excluding diaryl/α,β-unsaturated/α-hetero) is 1. The van der Waals surface area contributed by atoms with E-state index < -0.39 is 0 Å². The summed E-state index contributed by atoms with van der Waals surface area (Å²) in [6.07, 6.45) is 2.30. The predicted molar refractivity (Wildman–Crippen MR) is 122 cm³/mol. The second kappa shape index (κ2) is 8.27. The fraction of sp³-hybridized carbons (Fsp3) is 0.320. The number of ketones is 1. The van der Waals surface area contributed by atoms with E-state index >= 15 is 0 Å². The standard InChI is InChI=1S/C25H28N4O/c1-5-18-6-8-19(9-7-18)27-25-28-21-13-17(4)14-22(30)23(21)24(29-25)26-20-11-15(2)10-16(3)12-20/h6-12,17H,5,13-14H2,1-4H3,(H2,26,27,28,29). The fourth-order valence-corrected chi connectivity index (χ4v) is 4.05. The summed E-state index contributed by atoms with van der Waals surface area (Å²) in [5.74, 6) is 1.47. The number of benzene rings is 2. The number of nitrogens with one attached hydrogen (secondary N) is 2. The molecule has 2 aromatic carbocycles. The van der Waals surface area contributed by atoms with E-state index in [9.17, 15) is 4.79 Å². The van der Waals surface area contributed by atoms with Gasteiger partial charge in [-0.3, -0.25) is 4.79 Å². The zero-order valence-corrected chi connectivity index (χ0v) is 18.0. The molecule has 0 amide bonds. The fourth-order valence-electron chi connectivity index (χ4n) is 4.05. The Morgan fingerprint density at radius 3 is 2.30 bits per heavy atom. The molecule has 1 unspecified atom stereocenters. The molecule has 1 heterocycles. The third-order valence-corrected chi connectivity index (χ3v) is 5.44. The second-order valence-corrected chi connectivity index (χ2v) is 8.33. The largest absolute Gasteiger partial charge is 0.339 e. The minimum absolute atomic E-state index is 0.106. The molecule has 0 fully saturated rings. The van der Waals surface area contributed by atoms with Gasteiger partial charge >= 0.3 is 0 Å². The van der Waals surface area contributed by atoms with Crippen LogP contribution >= 0.6 is 0 Å². The van der Waals surface area contributed by atoms with Crippen molar-refractivity contribution >= 4 is 28.9 Å². The maximum absolute atomic E-state index is 12.8. The molecular formula is C25H28N4O. The summed E-state index contributed by atoms with van der Waals surface area (Å²) >= 11 is 0. The van der Waals surface area contributed by atoms with E-state index in [0.717, 1.165) is 41.0 Å². The number of aromatic nitrogens is 2. The van der Waals surface area contributed by atoms with Crippen LogP contribution < -0.4 is 10.6 Å². The van der Waals surface area contributed by atoms with E-state index in [0.29, 0.717) is 23.8 Å². The average Bonchev–Trinajstić information content (AvgIpc) is 2.67. The van der Waals surface area contributed by atoms with Crippen molar-refractivity contribution in [1.82, 2.24) is 9.97 Å². The molecule has 0 spiro atoms. The van der Waals surface area contributed by atoms with Gasteiger partial charge < -0.3 is 10.6 Å². The molecule has 4 rings (SSSR count). The SMILES string of the molecule is CCc1ccc(Nc2nc3c(c(Nc4cc(C)cc(C)c4)n2)C(=O)CC(C)C3)cc1. The van der Waals surface area contributed by atoms with Crippen LogP contribution in [0.15, 0.2) is 42.5 Å². The van der Waals surface area contributed by atoms with Crippen molar-refractivity contribution in [2.24, 2.45) is 5.92 Å². The minimum Gasteiger partial charge on any atom is -0.339 e. The highest BCUT2D eigenvalue weighted by atomic mass is 16.1. The summed E-state index contributed by atoms with van der Waals surface area (Å²) in [6.45, 7) is 8.36. The van der Waals surface area contributed by atoms with E-state index in [2.05, 4.69) is 68.7 Å². The Labute approximate surface area is 178 Å². The molecule has 5 nitrogen and oxygen atoms in total. The number of fused-ring (bicyclic) bond motifs is 1. The zero-order chi connectivity index (χ0) is 21.3. The Hall–Kier alpha value is -3.21.